The molecule has 0 atom stereocenters. The van der Waals surface area contributed by atoms with Crippen molar-refractivity contribution in [2.24, 2.45) is 5.10 Å². The number of phenolic OH excluding ortho intramolecular Hbond substituents is 1. The van der Waals surface area contributed by atoms with E-state index in [-0.39, 0.29) is 35.6 Å². The number of aromatic hydroxyl groups is 1. The molecule has 2 amide bonds. The van der Waals surface area contributed by atoms with Gasteiger partial charge >= 0.3 is 0 Å². The molecule has 0 aliphatic heterocycles. The van der Waals surface area contributed by atoms with Crippen molar-refractivity contribution in [3.05, 3.63) is 63.6 Å². The highest BCUT2D eigenvalue weighted by molar-refractivity contribution is 6.42. The number of hydrazone groups is 1. The number of nitrogens with one attached hydrogen (secondary N) is 2. The third kappa shape index (κ3) is 5.77. The van der Waals surface area contributed by atoms with Crippen LogP contribution in [0.2, 0.25) is 10.0 Å². The minimum atomic E-state index is -0.374. The zero-order chi connectivity index (χ0) is 18.2. The predicted molar refractivity (Wildman–Crippen MR) is 97.3 cm³/mol. The molecule has 130 valence electrons. The quantitative estimate of drug-likeness (QED) is 0.532. The predicted octanol–water partition coefficient (Wildman–Crippen LogP) is 2.97. The van der Waals surface area contributed by atoms with Crippen LogP contribution in [0.15, 0.2) is 47.6 Å². The highest BCUT2D eigenvalue weighted by Crippen LogP contribution is 2.22. The summed E-state index contributed by atoms with van der Waals surface area (Å²) in [6, 6.07) is 11.1. The number of hydrogen-bond donors (Lipinski definition) is 3. The molecular formula is C17H15Cl2N3O3. The zero-order valence-corrected chi connectivity index (χ0v) is 14.5. The Labute approximate surface area is 154 Å². The second-order valence-corrected chi connectivity index (χ2v) is 5.80. The van der Waals surface area contributed by atoms with Crippen LogP contribution in [-0.2, 0) is 4.79 Å². The molecular weight excluding hydrogens is 365 g/mol. The summed E-state index contributed by atoms with van der Waals surface area (Å²) in [5, 5.41) is 16.5. The lowest BCUT2D eigenvalue weighted by Gasteiger charge is -2.05. The normalized spacial score (nSPS) is 10.6. The molecule has 0 saturated carbocycles. The van der Waals surface area contributed by atoms with E-state index in [0.29, 0.717) is 16.1 Å². The van der Waals surface area contributed by atoms with Crippen molar-refractivity contribution >= 4 is 41.2 Å². The molecule has 25 heavy (non-hydrogen) atoms. The smallest absolute Gasteiger partial charge is 0.251 e. The van der Waals surface area contributed by atoms with E-state index >= 15 is 0 Å². The Kier molecular flexibility index (Phi) is 6.80. The molecule has 0 radical (unpaired) electrons. The van der Waals surface area contributed by atoms with Crippen molar-refractivity contribution in [1.29, 1.82) is 0 Å². The molecule has 2 aromatic carbocycles. The number of nitrogens with zero attached hydrogens (tertiary/aromatic N) is 1. The van der Waals surface area contributed by atoms with Crippen LogP contribution in [0.4, 0.5) is 0 Å². The molecule has 3 N–H and O–H groups in total. The number of halogens is 2. The average Bonchev–Trinajstić information content (AvgIpc) is 2.59. The maximum atomic E-state index is 11.9. The summed E-state index contributed by atoms with van der Waals surface area (Å²) in [4.78, 5) is 23.6. The second-order valence-electron chi connectivity index (χ2n) is 4.99. The summed E-state index contributed by atoms with van der Waals surface area (Å²) in [5.41, 5.74) is 3.15. The Balaban J connectivity index is 1.75. The van der Waals surface area contributed by atoms with Crippen LogP contribution in [0.5, 0.6) is 5.75 Å². The Morgan fingerprint density at radius 2 is 1.88 bits per heavy atom. The average molecular weight is 380 g/mol. The standard InChI is InChI=1S/C17H15Cl2N3O3/c18-13-6-5-11(9-14(13)19)17(25)20-8-7-16(24)22-21-10-12-3-1-2-4-15(12)23/h1-6,9-10,23H,7-8H2,(H,20,25)(H,22,24). The van der Waals surface area contributed by atoms with Gasteiger partial charge in [-0.2, -0.15) is 5.10 Å². The van der Waals surface area contributed by atoms with Crippen molar-refractivity contribution in [3.63, 3.8) is 0 Å². The van der Waals surface area contributed by atoms with Gasteiger partial charge in [-0.15, -0.1) is 0 Å². The molecule has 0 aliphatic rings. The first-order chi connectivity index (χ1) is 12.0. The molecule has 0 aromatic heterocycles. The first-order valence-corrected chi connectivity index (χ1v) is 8.06. The molecule has 2 aromatic rings. The van der Waals surface area contributed by atoms with Crippen LogP contribution in [0.3, 0.4) is 0 Å². The number of hydrogen-bond acceptors (Lipinski definition) is 4. The van der Waals surface area contributed by atoms with Crippen molar-refractivity contribution in [1.82, 2.24) is 10.7 Å². The highest BCUT2D eigenvalue weighted by atomic mass is 35.5. The van der Waals surface area contributed by atoms with Gasteiger partial charge in [-0.3, -0.25) is 9.59 Å². The van der Waals surface area contributed by atoms with Crippen LogP contribution in [0.1, 0.15) is 22.3 Å². The zero-order valence-electron chi connectivity index (χ0n) is 13.0. The number of carbonyl (C=O) groups excluding carboxylic acids is 2. The van der Waals surface area contributed by atoms with Gasteiger partial charge in [0.05, 0.1) is 16.3 Å². The lowest BCUT2D eigenvalue weighted by atomic mass is 10.2. The fourth-order valence-electron chi connectivity index (χ4n) is 1.86. The lowest BCUT2D eigenvalue weighted by molar-refractivity contribution is -0.120. The van der Waals surface area contributed by atoms with Gasteiger partial charge in [0.25, 0.3) is 5.91 Å². The summed E-state index contributed by atoms with van der Waals surface area (Å²) < 4.78 is 0. The SMILES string of the molecule is O=C(CCNC(=O)c1ccc(Cl)c(Cl)c1)NN=Cc1ccccc1O. The van der Waals surface area contributed by atoms with Crippen molar-refractivity contribution in [3.8, 4) is 5.75 Å². The molecule has 0 spiro atoms. The van der Waals surface area contributed by atoms with Gasteiger partial charge in [-0.1, -0.05) is 35.3 Å². The van der Waals surface area contributed by atoms with Gasteiger partial charge in [-0.25, -0.2) is 5.43 Å². The van der Waals surface area contributed by atoms with Crippen LogP contribution >= 0.6 is 23.2 Å². The van der Waals surface area contributed by atoms with Crippen LogP contribution in [0, 0.1) is 0 Å². The van der Waals surface area contributed by atoms with Gasteiger partial charge in [0.15, 0.2) is 0 Å². The largest absolute Gasteiger partial charge is 0.507 e. The first kappa shape index (κ1) is 18.8. The van der Waals surface area contributed by atoms with Gasteiger partial charge in [0.2, 0.25) is 5.91 Å². The number of carbonyl (C=O) groups is 2. The molecule has 2 rings (SSSR count). The fraction of sp³-hybridized carbons (Fsp3) is 0.118. The molecule has 0 aliphatic carbocycles. The van der Waals surface area contributed by atoms with Crippen molar-refractivity contribution in [2.75, 3.05) is 6.54 Å². The fourth-order valence-corrected chi connectivity index (χ4v) is 2.15. The second kappa shape index (κ2) is 9.05. The van der Waals surface area contributed by atoms with E-state index in [0.717, 1.165) is 0 Å². The van der Waals surface area contributed by atoms with Gasteiger partial charge in [0, 0.05) is 24.1 Å². The molecule has 0 unspecified atom stereocenters. The summed E-state index contributed by atoms with van der Waals surface area (Å²) in [6.45, 7) is 0.136. The maximum Gasteiger partial charge on any atom is 0.251 e. The number of rotatable bonds is 6. The van der Waals surface area contributed by atoms with Gasteiger partial charge < -0.3 is 10.4 Å². The van der Waals surface area contributed by atoms with Gasteiger partial charge in [-0.05, 0) is 30.3 Å². The topological polar surface area (TPSA) is 90.8 Å². The van der Waals surface area contributed by atoms with E-state index < -0.39 is 0 Å². The molecule has 6 nitrogen and oxygen atoms in total. The van der Waals surface area contributed by atoms with E-state index in [9.17, 15) is 14.7 Å². The van der Waals surface area contributed by atoms with Gasteiger partial charge in [0.1, 0.15) is 5.75 Å². The molecule has 0 heterocycles. The number of para-hydroxylation sites is 1. The minimum Gasteiger partial charge on any atom is -0.507 e. The lowest BCUT2D eigenvalue weighted by Crippen LogP contribution is -2.29. The van der Waals surface area contributed by atoms with E-state index in [1.54, 1.807) is 24.3 Å². The summed E-state index contributed by atoms with van der Waals surface area (Å²) in [5.74, 6) is -0.667. The number of amides is 2. The summed E-state index contributed by atoms with van der Waals surface area (Å²) in [7, 11) is 0. The molecule has 0 bridgehead atoms. The third-order valence-electron chi connectivity index (χ3n) is 3.15. The number of benzene rings is 2. The van der Waals surface area contributed by atoms with Crippen molar-refractivity contribution < 1.29 is 14.7 Å². The Bertz CT molecular complexity index is 809. The Hall–Kier alpha value is -2.57. The molecule has 8 heteroatoms. The number of phenols is 1. The first-order valence-electron chi connectivity index (χ1n) is 7.30. The van der Waals surface area contributed by atoms with E-state index in [4.69, 9.17) is 23.2 Å². The monoisotopic (exact) mass is 379 g/mol. The van der Waals surface area contributed by atoms with E-state index in [1.165, 1.54) is 24.4 Å². The van der Waals surface area contributed by atoms with Crippen LogP contribution < -0.4 is 10.7 Å². The Morgan fingerprint density at radius 1 is 1.12 bits per heavy atom. The molecule has 0 fully saturated rings. The minimum absolute atomic E-state index is 0.0468. The Morgan fingerprint density at radius 3 is 2.60 bits per heavy atom. The van der Waals surface area contributed by atoms with E-state index in [1.807, 2.05) is 0 Å². The molecule has 0 saturated heterocycles. The third-order valence-corrected chi connectivity index (χ3v) is 3.89. The summed E-state index contributed by atoms with van der Waals surface area (Å²) >= 11 is 11.6. The van der Waals surface area contributed by atoms with Crippen LogP contribution in [-0.4, -0.2) is 29.7 Å². The van der Waals surface area contributed by atoms with Crippen molar-refractivity contribution in [2.45, 2.75) is 6.42 Å². The summed E-state index contributed by atoms with van der Waals surface area (Å²) in [6.07, 6.45) is 1.38. The van der Waals surface area contributed by atoms with Crippen LogP contribution in [0.25, 0.3) is 0 Å². The highest BCUT2D eigenvalue weighted by Gasteiger charge is 2.08. The maximum absolute atomic E-state index is 11.9. The van der Waals surface area contributed by atoms with E-state index in [2.05, 4.69) is 15.8 Å².